The molecule has 0 saturated heterocycles. The number of carboxylic acids is 1. The van der Waals surface area contributed by atoms with Gasteiger partial charge in [0.05, 0.1) is 12.6 Å². The number of hydrogen-bond acceptors (Lipinski definition) is 6. The van der Waals surface area contributed by atoms with Crippen LogP contribution in [0.4, 0.5) is 0 Å². The number of benzene rings is 1. The van der Waals surface area contributed by atoms with Crippen LogP contribution in [0, 0.1) is 5.92 Å². The van der Waals surface area contributed by atoms with Gasteiger partial charge in [-0.1, -0.05) is 32.0 Å². The molecule has 0 spiro atoms. The second-order valence-electron chi connectivity index (χ2n) is 8.67. The molecule has 11 nitrogen and oxygen atoms in total. The van der Waals surface area contributed by atoms with Crippen molar-refractivity contribution in [3.8, 4) is 0 Å². The van der Waals surface area contributed by atoms with Crippen molar-refractivity contribution in [2.24, 2.45) is 11.7 Å². The Hall–Kier alpha value is -3.44. The number of carbonyl (C=O) groups excluding carboxylic acids is 3. The third-order valence-corrected chi connectivity index (χ3v) is 5.34. The number of aromatic amines is 1. The molecule has 0 aliphatic heterocycles. The van der Waals surface area contributed by atoms with Crippen LogP contribution in [-0.2, 0) is 25.6 Å². The SMILES string of the molecule is CC(C)CC(N)C(=O)NC(C)C(=O)NC(CO)C(=O)NC(Cc1c[nH]c2ccccc12)C(=O)O. The number of fused-ring (bicyclic) bond motifs is 1. The minimum atomic E-state index is -1.40. The Morgan fingerprint density at radius 3 is 2.24 bits per heavy atom. The second-order valence-corrected chi connectivity index (χ2v) is 8.67. The molecule has 3 amide bonds. The highest BCUT2D eigenvalue weighted by atomic mass is 16.4. The zero-order valence-electron chi connectivity index (χ0n) is 19.5. The summed E-state index contributed by atoms with van der Waals surface area (Å²) in [5, 5.41) is 27.2. The summed E-state index contributed by atoms with van der Waals surface area (Å²) in [6, 6.07) is 2.85. The van der Waals surface area contributed by atoms with Gasteiger partial charge in [0.15, 0.2) is 0 Å². The van der Waals surface area contributed by atoms with Crippen molar-refractivity contribution in [2.45, 2.75) is 57.8 Å². The molecule has 8 N–H and O–H groups in total. The van der Waals surface area contributed by atoms with Crippen LogP contribution in [-0.4, -0.2) is 69.7 Å². The van der Waals surface area contributed by atoms with Crippen molar-refractivity contribution in [1.29, 1.82) is 0 Å². The number of aliphatic hydroxyl groups is 1. The first kappa shape index (κ1) is 26.8. The highest BCUT2D eigenvalue weighted by Crippen LogP contribution is 2.19. The van der Waals surface area contributed by atoms with E-state index in [9.17, 15) is 29.4 Å². The van der Waals surface area contributed by atoms with Gasteiger partial charge in [-0.15, -0.1) is 0 Å². The number of carboxylic acid groups (broad SMARTS) is 1. The summed E-state index contributed by atoms with van der Waals surface area (Å²) in [5.74, 6) is -3.16. The van der Waals surface area contributed by atoms with E-state index in [1.165, 1.54) is 6.92 Å². The molecule has 4 atom stereocenters. The van der Waals surface area contributed by atoms with E-state index in [0.29, 0.717) is 12.0 Å². The number of rotatable bonds is 12. The molecule has 4 unspecified atom stereocenters. The number of para-hydroxylation sites is 1. The van der Waals surface area contributed by atoms with Gasteiger partial charge in [0.25, 0.3) is 0 Å². The Bertz CT molecular complexity index is 1020. The number of nitrogens with two attached hydrogens (primary N) is 1. The highest BCUT2D eigenvalue weighted by Gasteiger charge is 2.29. The lowest BCUT2D eigenvalue weighted by Crippen LogP contribution is -2.57. The molecule has 11 heteroatoms. The first-order chi connectivity index (χ1) is 16.0. The zero-order valence-corrected chi connectivity index (χ0v) is 19.5. The highest BCUT2D eigenvalue weighted by molar-refractivity contribution is 5.94. The number of aliphatic hydroxyl groups excluding tert-OH is 1. The van der Waals surface area contributed by atoms with E-state index in [1.54, 1.807) is 6.20 Å². The second kappa shape index (κ2) is 12.1. The lowest BCUT2D eigenvalue weighted by molar-refractivity contribution is -0.142. The van der Waals surface area contributed by atoms with Crippen molar-refractivity contribution in [2.75, 3.05) is 6.61 Å². The Kier molecular flexibility index (Phi) is 9.58. The normalized spacial score (nSPS) is 14.8. The molecule has 1 heterocycles. The van der Waals surface area contributed by atoms with Crippen LogP contribution in [0.5, 0.6) is 0 Å². The summed E-state index contributed by atoms with van der Waals surface area (Å²) >= 11 is 0. The topological polar surface area (TPSA) is 187 Å². The lowest BCUT2D eigenvalue weighted by atomic mass is 10.0. The van der Waals surface area contributed by atoms with Crippen molar-refractivity contribution >= 4 is 34.6 Å². The molecule has 1 aromatic heterocycles. The first-order valence-corrected chi connectivity index (χ1v) is 11.1. The average molecular weight is 476 g/mol. The van der Waals surface area contributed by atoms with E-state index < -0.39 is 54.5 Å². The summed E-state index contributed by atoms with van der Waals surface area (Å²) in [6.45, 7) is 4.48. The fraction of sp³-hybridized carbons (Fsp3) is 0.478. The molecule has 186 valence electrons. The molecule has 1 aromatic carbocycles. The predicted molar refractivity (Wildman–Crippen MR) is 126 cm³/mol. The first-order valence-electron chi connectivity index (χ1n) is 11.1. The monoisotopic (exact) mass is 475 g/mol. The maximum absolute atomic E-state index is 12.6. The van der Waals surface area contributed by atoms with Gasteiger partial charge in [0.1, 0.15) is 18.1 Å². The van der Waals surface area contributed by atoms with Gasteiger partial charge in [-0.2, -0.15) is 0 Å². The maximum atomic E-state index is 12.6. The van der Waals surface area contributed by atoms with Crippen LogP contribution in [0.3, 0.4) is 0 Å². The van der Waals surface area contributed by atoms with Crippen LogP contribution in [0.2, 0.25) is 0 Å². The third-order valence-electron chi connectivity index (χ3n) is 5.34. The lowest BCUT2D eigenvalue weighted by Gasteiger charge is -2.23. The zero-order chi connectivity index (χ0) is 25.4. The summed E-state index contributed by atoms with van der Waals surface area (Å²) in [5.41, 5.74) is 7.34. The van der Waals surface area contributed by atoms with E-state index in [-0.39, 0.29) is 12.3 Å². The Morgan fingerprint density at radius 1 is 0.971 bits per heavy atom. The van der Waals surface area contributed by atoms with Crippen molar-refractivity contribution in [1.82, 2.24) is 20.9 Å². The van der Waals surface area contributed by atoms with E-state index in [2.05, 4.69) is 20.9 Å². The van der Waals surface area contributed by atoms with Gasteiger partial charge in [-0.3, -0.25) is 14.4 Å². The van der Waals surface area contributed by atoms with E-state index in [4.69, 9.17) is 5.73 Å². The van der Waals surface area contributed by atoms with Gasteiger partial charge in [0, 0.05) is 23.5 Å². The standard InChI is InChI=1S/C23H33N5O6/c1-12(2)8-16(24)21(31)26-13(3)20(30)28-19(11-29)22(32)27-18(23(33)34)9-14-10-25-17-7-5-4-6-15(14)17/h4-7,10,12-13,16,18-19,25,29H,8-9,11,24H2,1-3H3,(H,26,31)(H,27,32)(H,28,30)(H,33,34). The number of aliphatic carboxylic acids is 1. The van der Waals surface area contributed by atoms with E-state index >= 15 is 0 Å². The minimum Gasteiger partial charge on any atom is -0.480 e. The van der Waals surface area contributed by atoms with E-state index in [1.807, 2.05) is 38.1 Å². The van der Waals surface area contributed by atoms with Gasteiger partial charge in [0.2, 0.25) is 17.7 Å². The van der Waals surface area contributed by atoms with Crippen molar-refractivity contribution in [3.63, 3.8) is 0 Å². The Morgan fingerprint density at radius 2 is 1.62 bits per heavy atom. The fourth-order valence-corrected chi connectivity index (χ4v) is 3.48. The molecule has 34 heavy (non-hydrogen) atoms. The number of amides is 3. The average Bonchev–Trinajstić information content (AvgIpc) is 3.18. The quantitative estimate of drug-likeness (QED) is 0.218. The van der Waals surface area contributed by atoms with Crippen LogP contribution in [0.25, 0.3) is 10.9 Å². The fourth-order valence-electron chi connectivity index (χ4n) is 3.48. The number of aromatic nitrogens is 1. The van der Waals surface area contributed by atoms with E-state index in [0.717, 1.165) is 10.9 Å². The molecule has 0 fully saturated rings. The number of hydrogen-bond donors (Lipinski definition) is 7. The van der Waals surface area contributed by atoms with Gasteiger partial charge in [-0.25, -0.2) is 4.79 Å². The number of H-pyrrole nitrogens is 1. The predicted octanol–water partition coefficient (Wildman–Crippen LogP) is -0.365. The summed E-state index contributed by atoms with van der Waals surface area (Å²) < 4.78 is 0. The van der Waals surface area contributed by atoms with Crippen LogP contribution >= 0.6 is 0 Å². The molecular weight excluding hydrogens is 442 g/mol. The van der Waals surface area contributed by atoms with Crippen LogP contribution < -0.4 is 21.7 Å². The number of nitrogens with one attached hydrogen (secondary N) is 4. The third kappa shape index (κ3) is 7.29. The Balaban J connectivity index is 1.99. The Labute approximate surface area is 197 Å². The molecule has 0 aliphatic rings. The molecule has 2 rings (SSSR count). The smallest absolute Gasteiger partial charge is 0.326 e. The minimum absolute atomic E-state index is 0.00260. The van der Waals surface area contributed by atoms with Crippen LogP contribution in [0.1, 0.15) is 32.8 Å². The summed E-state index contributed by atoms with van der Waals surface area (Å²) in [7, 11) is 0. The summed E-state index contributed by atoms with van der Waals surface area (Å²) in [6.07, 6.45) is 2.11. The van der Waals surface area contributed by atoms with Crippen LogP contribution in [0.15, 0.2) is 30.5 Å². The molecule has 0 saturated carbocycles. The maximum Gasteiger partial charge on any atom is 0.326 e. The van der Waals surface area contributed by atoms with Gasteiger partial charge in [-0.05, 0) is 30.9 Å². The molecular formula is C23H33N5O6. The molecule has 2 aromatic rings. The molecule has 0 radical (unpaired) electrons. The largest absolute Gasteiger partial charge is 0.480 e. The van der Waals surface area contributed by atoms with Crippen molar-refractivity contribution < 1.29 is 29.4 Å². The van der Waals surface area contributed by atoms with Gasteiger partial charge >= 0.3 is 5.97 Å². The number of carbonyl (C=O) groups is 4. The molecule has 0 bridgehead atoms. The van der Waals surface area contributed by atoms with Crippen molar-refractivity contribution in [3.05, 3.63) is 36.0 Å². The van der Waals surface area contributed by atoms with Gasteiger partial charge < -0.3 is 36.9 Å². The summed E-state index contributed by atoms with van der Waals surface area (Å²) in [4.78, 5) is 52.0. The molecule has 0 aliphatic carbocycles.